The number of hydrogen-bond donors (Lipinski definition) is 1. The first-order chi connectivity index (χ1) is 15.2. The van der Waals surface area contributed by atoms with Crippen molar-refractivity contribution in [3.05, 3.63) is 96.1 Å². The number of ether oxygens (including phenoxy) is 1. The van der Waals surface area contributed by atoms with E-state index in [1.54, 1.807) is 4.90 Å². The van der Waals surface area contributed by atoms with Gasteiger partial charge in [-0.2, -0.15) is 0 Å². The van der Waals surface area contributed by atoms with Crippen LogP contribution in [0.4, 0.5) is 5.69 Å². The molecule has 4 rings (SSSR count). The van der Waals surface area contributed by atoms with E-state index in [0.717, 1.165) is 29.8 Å². The van der Waals surface area contributed by atoms with Gasteiger partial charge in [-0.15, -0.1) is 0 Å². The number of hydrogen-bond acceptors (Lipinski definition) is 3. The topological polar surface area (TPSA) is 58.6 Å². The van der Waals surface area contributed by atoms with E-state index >= 15 is 0 Å². The van der Waals surface area contributed by atoms with Gasteiger partial charge in [0, 0.05) is 29.9 Å². The van der Waals surface area contributed by atoms with Gasteiger partial charge in [0.25, 0.3) is 5.91 Å². The van der Waals surface area contributed by atoms with Crippen LogP contribution in [0, 0.1) is 5.92 Å². The summed E-state index contributed by atoms with van der Waals surface area (Å²) in [5.74, 6) is 0.458. The summed E-state index contributed by atoms with van der Waals surface area (Å²) in [6.45, 7) is 1.39. The lowest BCUT2D eigenvalue weighted by Gasteiger charge is -2.32. The fraction of sp³-hybridized carbons (Fsp3) is 0.231. The maximum absolute atomic E-state index is 13.3. The number of carbonyl (C=O) groups is 2. The van der Waals surface area contributed by atoms with Crippen molar-refractivity contribution in [2.45, 2.75) is 19.4 Å². The number of carbonyl (C=O) groups excluding carboxylic acids is 2. The Morgan fingerprint density at radius 2 is 1.58 bits per heavy atom. The van der Waals surface area contributed by atoms with E-state index in [1.165, 1.54) is 0 Å². The van der Waals surface area contributed by atoms with Crippen LogP contribution < -0.4 is 10.1 Å². The Morgan fingerprint density at radius 1 is 0.903 bits per heavy atom. The van der Waals surface area contributed by atoms with E-state index in [4.69, 9.17) is 4.74 Å². The van der Waals surface area contributed by atoms with Gasteiger partial charge in [0.15, 0.2) is 0 Å². The van der Waals surface area contributed by atoms with Crippen molar-refractivity contribution in [2.75, 3.05) is 18.4 Å². The standard InChI is InChI=1S/C26H26N2O3/c29-25(27-22-12-3-1-4-13-22)20-11-9-17-28(18-20)26(30)24-16-8-7-10-21(24)19-31-23-14-5-2-6-15-23/h1-8,10,12-16,20H,9,11,17-19H2,(H,27,29). The monoisotopic (exact) mass is 414 g/mol. The molecule has 3 aromatic carbocycles. The van der Waals surface area contributed by atoms with E-state index < -0.39 is 0 Å². The first kappa shape index (κ1) is 20.7. The van der Waals surface area contributed by atoms with Crippen molar-refractivity contribution >= 4 is 17.5 Å². The summed E-state index contributed by atoms with van der Waals surface area (Å²) in [5.41, 5.74) is 2.24. The van der Waals surface area contributed by atoms with Crippen LogP contribution in [0.1, 0.15) is 28.8 Å². The fourth-order valence-corrected chi connectivity index (χ4v) is 3.84. The zero-order chi connectivity index (χ0) is 21.5. The summed E-state index contributed by atoms with van der Waals surface area (Å²) in [7, 11) is 0. The quantitative estimate of drug-likeness (QED) is 0.633. The maximum atomic E-state index is 13.3. The average molecular weight is 415 g/mol. The zero-order valence-electron chi connectivity index (χ0n) is 17.4. The van der Waals surface area contributed by atoms with Crippen molar-refractivity contribution in [1.29, 1.82) is 0 Å². The van der Waals surface area contributed by atoms with Crippen molar-refractivity contribution in [3.63, 3.8) is 0 Å². The highest BCUT2D eigenvalue weighted by atomic mass is 16.5. The minimum atomic E-state index is -0.217. The smallest absolute Gasteiger partial charge is 0.254 e. The lowest BCUT2D eigenvalue weighted by atomic mass is 9.95. The normalized spacial score (nSPS) is 15.9. The molecular formula is C26H26N2O3. The molecule has 2 amide bonds. The van der Waals surface area contributed by atoms with Crippen LogP contribution in [0.15, 0.2) is 84.9 Å². The Hall–Kier alpha value is -3.60. The summed E-state index contributed by atoms with van der Waals surface area (Å²) in [6, 6.07) is 26.5. The lowest BCUT2D eigenvalue weighted by molar-refractivity contribution is -0.121. The summed E-state index contributed by atoms with van der Waals surface area (Å²) < 4.78 is 5.86. The van der Waals surface area contributed by atoms with Gasteiger partial charge >= 0.3 is 0 Å². The Labute approximate surface area is 182 Å². The predicted octanol–water partition coefficient (Wildman–Crippen LogP) is 4.76. The van der Waals surface area contributed by atoms with Gasteiger partial charge in [-0.1, -0.05) is 54.6 Å². The SMILES string of the molecule is O=C(Nc1ccccc1)C1CCCN(C(=O)c2ccccc2COc2ccccc2)C1. The minimum absolute atomic E-state index is 0.0376. The molecule has 0 aromatic heterocycles. The largest absolute Gasteiger partial charge is 0.489 e. The molecule has 1 saturated heterocycles. The maximum Gasteiger partial charge on any atom is 0.254 e. The van der Waals surface area contributed by atoms with Gasteiger partial charge in [-0.3, -0.25) is 9.59 Å². The molecule has 0 radical (unpaired) electrons. The molecule has 0 bridgehead atoms. The average Bonchev–Trinajstić information content (AvgIpc) is 2.84. The third kappa shape index (κ3) is 5.31. The highest BCUT2D eigenvalue weighted by Gasteiger charge is 2.29. The predicted molar refractivity (Wildman–Crippen MR) is 121 cm³/mol. The van der Waals surface area contributed by atoms with Crippen LogP contribution in [-0.2, 0) is 11.4 Å². The fourth-order valence-electron chi connectivity index (χ4n) is 3.84. The molecule has 1 heterocycles. The van der Waals surface area contributed by atoms with Gasteiger partial charge < -0.3 is 15.0 Å². The molecule has 31 heavy (non-hydrogen) atoms. The van der Waals surface area contributed by atoms with E-state index in [0.29, 0.717) is 25.3 Å². The number of anilines is 1. The molecule has 0 aliphatic carbocycles. The van der Waals surface area contributed by atoms with Gasteiger partial charge in [0.05, 0.1) is 5.92 Å². The van der Waals surface area contributed by atoms with E-state index in [-0.39, 0.29) is 17.7 Å². The summed E-state index contributed by atoms with van der Waals surface area (Å²) >= 11 is 0. The second-order valence-electron chi connectivity index (χ2n) is 7.70. The molecule has 5 heteroatoms. The molecule has 158 valence electrons. The molecule has 0 spiro atoms. The van der Waals surface area contributed by atoms with Crippen molar-refractivity contribution < 1.29 is 14.3 Å². The molecular weight excluding hydrogens is 388 g/mol. The van der Waals surface area contributed by atoms with E-state index in [1.807, 2.05) is 84.9 Å². The minimum Gasteiger partial charge on any atom is -0.489 e. The van der Waals surface area contributed by atoms with Crippen LogP contribution in [0.2, 0.25) is 0 Å². The number of amides is 2. The number of rotatable bonds is 6. The van der Waals surface area contributed by atoms with E-state index in [9.17, 15) is 9.59 Å². The molecule has 5 nitrogen and oxygen atoms in total. The first-order valence-electron chi connectivity index (χ1n) is 10.6. The second-order valence-corrected chi connectivity index (χ2v) is 7.70. The van der Waals surface area contributed by atoms with Crippen LogP contribution in [0.25, 0.3) is 0 Å². The lowest BCUT2D eigenvalue weighted by Crippen LogP contribution is -2.44. The third-order valence-corrected chi connectivity index (χ3v) is 5.51. The number of para-hydroxylation sites is 2. The number of nitrogens with zero attached hydrogens (tertiary/aromatic N) is 1. The molecule has 1 unspecified atom stereocenters. The molecule has 1 atom stereocenters. The van der Waals surface area contributed by atoms with Crippen LogP contribution >= 0.6 is 0 Å². The second kappa shape index (κ2) is 9.94. The zero-order valence-corrected chi connectivity index (χ0v) is 17.4. The Kier molecular flexibility index (Phi) is 6.62. The highest BCUT2D eigenvalue weighted by Crippen LogP contribution is 2.22. The number of nitrogens with one attached hydrogen (secondary N) is 1. The van der Waals surface area contributed by atoms with Crippen molar-refractivity contribution in [3.8, 4) is 5.75 Å². The van der Waals surface area contributed by atoms with Crippen molar-refractivity contribution in [2.24, 2.45) is 5.92 Å². The molecule has 1 aliphatic rings. The summed E-state index contributed by atoms with van der Waals surface area (Å²) in [4.78, 5) is 27.8. The van der Waals surface area contributed by atoms with Gasteiger partial charge in [0.1, 0.15) is 12.4 Å². The number of likely N-dealkylation sites (tertiary alicyclic amines) is 1. The van der Waals surface area contributed by atoms with Crippen LogP contribution in [0.5, 0.6) is 5.75 Å². The number of benzene rings is 3. The van der Waals surface area contributed by atoms with Gasteiger partial charge in [-0.05, 0) is 43.2 Å². The summed E-state index contributed by atoms with van der Waals surface area (Å²) in [6.07, 6.45) is 1.59. The number of piperidine rings is 1. The molecule has 1 fully saturated rings. The van der Waals surface area contributed by atoms with E-state index in [2.05, 4.69) is 5.32 Å². The summed E-state index contributed by atoms with van der Waals surface area (Å²) in [5, 5.41) is 2.96. The third-order valence-electron chi connectivity index (χ3n) is 5.51. The Bertz CT molecular complexity index is 1020. The molecule has 1 N–H and O–H groups in total. The molecule has 3 aromatic rings. The van der Waals surface area contributed by atoms with Gasteiger partial charge in [-0.25, -0.2) is 0 Å². The van der Waals surface area contributed by atoms with Crippen LogP contribution in [0.3, 0.4) is 0 Å². The molecule has 0 saturated carbocycles. The molecule has 1 aliphatic heterocycles. The van der Waals surface area contributed by atoms with Crippen molar-refractivity contribution in [1.82, 2.24) is 4.90 Å². The Morgan fingerprint density at radius 3 is 2.35 bits per heavy atom. The highest BCUT2D eigenvalue weighted by molar-refractivity contribution is 5.97. The van der Waals surface area contributed by atoms with Crippen LogP contribution in [-0.4, -0.2) is 29.8 Å². The Balaban J connectivity index is 1.42. The first-order valence-corrected chi connectivity index (χ1v) is 10.6. The van der Waals surface area contributed by atoms with Gasteiger partial charge in [0.2, 0.25) is 5.91 Å².